The zero-order valence-corrected chi connectivity index (χ0v) is 19.2. The highest BCUT2D eigenvalue weighted by molar-refractivity contribution is 7.91. The number of nitrogens with zero attached hydrogens (tertiary/aromatic N) is 4. The molecular weight excluding hydrogens is 412 g/mol. The largest absolute Gasteiger partial charge is 0.376 e. The molecule has 1 aliphatic heterocycles. The molecular formula is C23H32N4O3S. The van der Waals surface area contributed by atoms with Crippen LogP contribution in [0.1, 0.15) is 31.9 Å². The minimum Gasteiger partial charge on any atom is -0.376 e. The topological polar surface area (TPSA) is 69.4 Å². The fraction of sp³-hybridized carbons (Fsp3) is 0.522. The van der Waals surface area contributed by atoms with Crippen molar-refractivity contribution in [2.75, 3.05) is 26.0 Å². The molecule has 0 radical (unpaired) electrons. The molecule has 1 aromatic carbocycles. The van der Waals surface area contributed by atoms with Crippen molar-refractivity contribution < 1.29 is 13.2 Å². The van der Waals surface area contributed by atoms with Crippen molar-refractivity contribution in [1.82, 2.24) is 19.0 Å². The Labute approximate surface area is 184 Å². The van der Waals surface area contributed by atoms with Crippen molar-refractivity contribution in [1.29, 1.82) is 0 Å². The van der Waals surface area contributed by atoms with E-state index in [0.29, 0.717) is 19.5 Å². The second-order valence-corrected chi connectivity index (χ2v) is 10.4. The number of imidazole rings is 1. The van der Waals surface area contributed by atoms with Crippen molar-refractivity contribution in [3.05, 3.63) is 48.4 Å². The minimum atomic E-state index is -3.40. The molecule has 0 spiro atoms. The molecule has 2 aromatic heterocycles. The highest BCUT2D eigenvalue weighted by atomic mass is 32.2. The van der Waals surface area contributed by atoms with Crippen molar-refractivity contribution in [3.63, 3.8) is 0 Å². The Hall–Kier alpha value is -2.16. The molecule has 168 valence electrons. The van der Waals surface area contributed by atoms with E-state index in [1.807, 2.05) is 11.5 Å². The molecule has 0 aliphatic carbocycles. The maximum Gasteiger partial charge on any atom is 0.227 e. The van der Waals surface area contributed by atoms with Gasteiger partial charge < -0.3 is 13.9 Å². The Morgan fingerprint density at radius 3 is 2.87 bits per heavy atom. The molecule has 0 bridgehead atoms. The van der Waals surface area contributed by atoms with Crippen LogP contribution in [-0.4, -0.2) is 59.5 Å². The summed E-state index contributed by atoms with van der Waals surface area (Å²) in [6, 6.07) is 10.5. The maximum absolute atomic E-state index is 12.8. The first kappa shape index (κ1) is 22.0. The van der Waals surface area contributed by atoms with Crippen LogP contribution in [0.15, 0.2) is 47.9 Å². The zero-order chi connectivity index (χ0) is 21.8. The molecule has 31 heavy (non-hydrogen) atoms. The van der Waals surface area contributed by atoms with E-state index >= 15 is 0 Å². The monoisotopic (exact) mass is 444 g/mol. The van der Waals surface area contributed by atoms with Gasteiger partial charge in [-0.25, -0.2) is 13.4 Å². The van der Waals surface area contributed by atoms with Crippen LogP contribution < -0.4 is 0 Å². The van der Waals surface area contributed by atoms with E-state index in [1.54, 1.807) is 6.20 Å². The summed E-state index contributed by atoms with van der Waals surface area (Å²) in [6.45, 7) is 5.52. The number of rotatable bonds is 10. The Morgan fingerprint density at radius 2 is 2.10 bits per heavy atom. The Morgan fingerprint density at radius 1 is 1.26 bits per heavy atom. The second kappa shape index (κ2) is 9.54. The number of likely N-dealkylation sites (N-methyl/N-ethyl adjacent to an activating group) is 1. The summed E-state index contributed by atoms with van der Waals surface area (Å²) < 4.78 is 35.5. The SMILES string of the molecule is CCCS(=O)(=O)c1ncc(CN(C)CCn2ccc3ccccc32)n1CC1CCCO1. The van der Waals surface area contributed by atoms with E-state index < -0.39 is 9.84 Å². The number of hydrogen-bond donors (Lipinski definition) is 0. The molecule has 0 amide bonds. The number of sulfone groups is 1. The summed E-state index contributed by atoms with van der Waals surface area (Å²) in [7, 11) is -1.33. The van der Waals surface area contributed by atoms with Crippen LogP contribution in [0.5, 0.6) is 0 Å². The van der Waals surface area contributed by atoms with Gasteiger partial charge in [-0.3, -0.25) is 4.90 Å². The Bertz CT molecular complexity index is 1110. The summed E-state index contributed by atoms with van der Waals surface area (Å²) in [5.41, 5.74) is 2.15. The van der Waals surface area contributed by atoms with E-state index in [9.17, 15) is 8.42 Å². The summed E-state index contributed by atoms with van der Waals surface area (Å²) in [5.74, 6) is 0.117. The van der Waals surface area contributed by atoms with E-state index in [2.05, 4.69) is 58.0 Å². The molecule has 3 heterocycles. The zero-order valence-electron chi connectivity index (χ0n) is 18.4. The van der Waals surface area contributed by atoms with Crippen LogP contribution in [0.25, 0.3) is 10.9 Å². The predicted molar refractivity (Wildman–Crippen MR) is 122 cm³/mol. The van der Waals surface area contributed by atoms with E-state index in [0.717, 1.165) is 38.2 Å². The molecule has 0 saturated carbocycles. The summed E-state index contributed by atoms with van der Waals surface area (Å²) in [6.07, 6.45) is 6.46. The quantitative estimate of drug-likeness (QED) is 0.480. The number of hydrogen-bond acceptors (Lipinski definition) is 5. The van der Waals surface area contributed by atoms with Crippen molar-refractivity contribution in [2.45, 2.75) is 57.1 Å². The lowest BCUT2D eigenvalue weighted by atomic mass is 10.2. The highest BCUT2D eigenvalue weighted by Crippen LogP contribution is 2.21. The van der Waals surface area contributed by atoms with Gasteiger partial charge in [0.2, 0.25) is 15.0 Å². The Kier molecular flexibility index (Phi) is 6.79. The van der Waals surface area contributed by atoms with Gasteiger partial charge in [0.05, 0.1) is 30.3 Å². The molecule has 1 fully saturated rings. The lowest BCUT2D eigenvalue weighted by molar-refractivity contribution is 0.0934. The summed E-state index contributed by atoms with van der Waals surface area (Å²) >= 11 is 0. The first-order valence-electron chi connectivity index (χ1n) is 11.1. The number of para-hydroxylation sites is 1. The molecule has 1 unspecified atom stereocenters. The molecule has 8 heteroatoms. The van der Waals surface area contributed by atoms with Gasteiger partial charge in [0.1, 0.15) is 0 Å². The lowest BCUT2D eigenvalue weighted by Gasteiger charge is -2.20. The van der Waals surface area contributed by atoms with Gasteiger partial charge in [-0.05, 0) is 43.8 Å². The number of ether oxygens (including phenoxy) is 1. The third-order valence-corrected chi connectivity index (χ3v) is 7.73. The predicted octanol–water partition coefficient (Wildman–Crippen LogP) is 3.33. The maximum atomic E-state index is 12.8. The van der Waals surface area contributed by atoms with Crippen molar-refractivity contribution >= 4 is 20.7 Å². The van der Waals surface area contributed by atoms with Gasteiger partial charge in [-0.2, -0.15) is 0 Å². The van der Waals surface area contributed by atoms with Crippen LogP contribution in [-0.2, 0) is 34.2 Å². The molecule has 1 atom stereocenters. The van der Waals surface area contributed by atoms with Gasteiger partial charge in [0, 0.05) is 38.0 Å². The van der Waals surface area contributed by atoms with Crippen LogP contribution in [0.4, 0.5) is 0 Å². The van der Waals surface area contributed by atoms with Gasteiger partial charge in [0.25, 0.3) is 0 Å². The molecule has 0 N–H and O–H groups in total. The van der Waals surface area contributed by atoms with Crippen LogP contribution in [0.2, 0.25) is 0 Å². The van der Waals surface area contributed by atoms with Gasteiger partial charge in [0.15, 0.2) is 0 Å². The van der Waals surface area contributed by atoms with E-state index in [4.69, 9.17) is 4.74 Å². The van der Waals surface area contributed by atoms with Crippen LogP contribution in [0, 0.1) is 0 Å². The highest BCUT2D eigenvalue weighted by Gasteiger charge is 2.26. The van der Waals surface area contributed by atoms with Gasteiger partial charge in [-0.1, -0.05) is 25.1 Å². The average Bonchev–Trinajstić information content (AvgIpc) is 3.48. The van der Waals surface area contributed by atoms with Gasteiger partial charge in [-0.15, -0.1) is 0 Å². The van der Waals surface area contributed by atoms with Gasteiger partial charge >= 0.3 is 0 Å². The van der Waals surface area contributed by atoms with E-state index in [-0.39, 0.29) is 17.0 Å². The lowest BCUT2D eigenvalue weighted by Crippen LogP contribution is -2.27. The van der Waals surface area contributed by atoms with Crippen molar-refractivity contribution in [2.24, 2.45) is 0 Å². The average molecular weight is 445 g/mol. The molecule has 3 aromatic rings. The Balaban J connectivity index is 1.49. The number of fused-ring (bicyclic) bond motifs is 1. The van der Waals surface area contributed by atoms with E-state index in [1.165, 1.54) is 10.9 Å². The fourth-order valence-corrected chi connectivity index (χ4v) is 5.74. The first-order valence-corrected chi connectivity index (χ1v) is 12.7. The minimum absolute atomic E-state index is 0.0556. The second-order valence-electron chi connectivity index (χ2n) is 8.40. The number of aromatic nitrogens is 3. The fourth-order valence-electron chi connectivity index (χ4n) is 4.28. The van der Waals surface area contributed by atoms with Crippen molar-refractivity contribution in [3.8, 4) is 0 Å². The molecule has 1 aliphatic rings. The number of benzene rings is 1. The van der Waals surface area contributed by atoms with Crippen LogP contribution >= 0.6 is 0 Å². The summed E-state index contributed by atoms with van der Waals surface area (Å²) in [5, 5.41) is 1.43. The molecule has 7 nitrogen and oxygen atoms in total. The third-order valence-electron chi connectivity index (χ3n) is 5.90. The smallest absolute Gasteiger partial charge is 0.227 e. The molecule has 4 rings (SSSR count). The standard InChI is InChI=1S/C23H32N4O3S/c1-3-15-31(28,29)23-24-16-20(27(23)18-21-8-6-14-30-21)17-25(2)12-13-26-11-10-19-7-4-5-9-22(19)26/h4-5,7,9-11,16,21H,3,6,8,12-15,17-18H2,1-2H3. The third kappa shape index (κ3) is 5.02. The first-order chi connectivity index (χ1) is 15.0. The summed E-state index contributed by atoms with van der Waals surface area (Å²) in [4.78, 5) is 6.56. The van der Waals surface area contributed by atoms with Crippen LogP contribution in [0.3, 0.4) is 0 Å². The molecule has 1 saturated heterocycles. The normalized spacial score (nSPS) is 17.2.